The molecule has 56 valence electrons. The van der Waals surface area contributed by atoms with Crippen LogP contribution in [-0.4, -0.2) is 6.16 Å². The normalized spacial score (nSPS) is 10.6. The first-order valence-electron chi connectivity index (χ1n) is 2.19. The van der Waals surface area contributed by atoms with E-state index in [-0.39, 0.29) is 0 Å². The highest BCUT2D eigenvalue weighted by Gasteiger charge is 1.95. The maximum atomic E-state index is 10.4. The smallest absolute Gasteiger partial charge is 0.402 e. The average molecular weight is 272 g/mol. The van der Waals surface area contributed by atoms with E-state index in [9.17, 15) is 4.79 Å². The Balaban J connectivity index is 3.44. The van der Waals surface area contributed by atoms with E-state index in [0.717, 1.165) is 12.5 Å². The van der Waals surface area contributed by atoms with Gasteiger partial charge < -0.3 is 9.47 Å². The molecule has 0 unspecified atom stereocenters. The lowest BCUT2D eigenvalue weighted by molar-refractivity contribution is 0.120. The van der Waals surface area contributed by atoms with E-state index in [4.69, 9.17) is 0 Å². The van der Waals surface area contributed by atoms with Gasteiger partial charge in [0.1, 0.15) is 12.5 Å². The monoisotopic (exact) mass is 270 g/mol. The number of halogens is 2. The van der Waals surface area contributed by atoms with E-state index < -0.39 is 6.16 Å². The zero-order chi connectivity index (χ0) is 7.82. The van der Waals surface area contributed by atoms with Gasteiger partial charge in [-0.15, -0.1) is 0 Å². The number of hydrogen-bond acceptors (Lipinski definition) is 3. The minimum Gasteiger partial charge on any atom is -0.402 e. The molecular formula is C5H4Br2O3. The molecular weight excluding hydrogens is 268 g/mol. The fourth-order valence-electron chi connectivity index (χ4n) is 0.190. The molecule has 0 saturated carbocycles. The molecule has 0 atom stereocenters. The minimum atomic E-state index is -0.786. The van der Waals surface area contributed by atoms with E-state index in [2.05, 4.69) is 41.3 Å². The van der Waals surface area contributed by atoms with Gasteiger partial charge in [0.05, 0.1) is 0 Å². The maximum absolute atomic E-state index is 10.4. The Morgan fingerprint density at radius 1 is 1.10 bits per heavy atom. The number of ether oxygens (including phenoxy) is 2. The summed E-state index contributed by atoms with van der Waals surface area (Å²) in [5, 5.41) is 0. The van der Waals surface area contributed by atoms with E-state index in [1.54, 1.807) is 0 Å². The summed E-state index contributed by atoms with van der Waals surface area (Å²) in [5.74, 6) is 0. The Hall–Kier alpha value is -0.290. The third-order valence-electron chi connectivity index (χ3n) is 0.431. The SMILES string of the molecule is O=C(O/C=C/Br)O/C=C/Br. The van der Waals surface area contributed by atoms with E-state index in [1.807, 2.05) is 0 Å². The van der Waals surface area contributed by atoms with Crippen LogP contribution in [0.5, 0.6) is 0 Å². The van der Waals surface area contributed by atoms with Gasteiger partial charge in [0.2, 0.25) is 0 Å². The standard InChI is InChI=1S/C5H4Br2O3/c6-1-3-9-5(8)10-4-2-7/h1-4H/b3-1+,4-2+. The average Bonchev–Trinajstić information content (AvgIpc) is 1.97. The summed E-state index contributed by atoms with van der Waals surface area (Å²) >= 11 is 5.81. The van der Waals surface area contributed by atoms with Crippen molar-refractivity contribution >= 4 is 38.0 Å². The van der Waals surface area contributed by atoms with Crippen LogP contribution in [0.25, 0.3) is 0 Å². The first-order chi connectivity index (χ1) is 4.81. The van der Waals surface area contributed by atoms with Gasteiger partial charge in [0, 0.05) is 9.97 Å². The predicted octanol–water partition coefficient (Wildman–Crippen LogP) is 2.87. The molecule has 0 aliphatic rings. The number of carbonyl (C=O) groups excluding carboxylic acids is 1. The third kappa shape index (κ3) is 5.84. The lowest BCUT2D eigenvalue weighted by atomic mass is 11.1. The molecule has 0 spiro atoms. The summed E-state index contributed by atoms with van der Waals surface area (Å²) in [4.78, 5) is 13.2. The van der Waals surface area contributed by atoms with Crippen molar-refractivity contribution in [3.05, 3.63) is 22.5 Å². The van der Waals surface area contributed by atoms with Crippen LogP contribution in [0.2, 0.25) is 0 Å². The molecule has 0 aromatic rings. The van der Waals surface area contributed by atoms with Crippen molar-refractivity contribution in [3.8, 4) is 0 Å². The van der Waals surface area contributed by atoms with Crippen LogP contribution in [0.1, 0.15) is 0 Å². The van der Waals surface area contributed by atoms with Gasteiger partial charge in [-0.1, -0.05) is 31.9 Å². The van der Waals surface area contributed by atoms with Crippen molar-refractivity contribution in [3.63, 3.8) is 0 Å². The highest BCUT2D eigenvalue weighted by molar-refractivity contribution is 9.11. The molecule has 0 heterocycles. The van der Waals surface area contributed by atoms with Crippen molar-refractivity contribution < 1.29 is 14.3 Å². The molecule has 0 radical (unpaired) electrons. The van der Waals surface area contributed by atoms with Gasteiger partial charge in [-0.05, 0) is 0 Å². The highest BCUT2D eigenvalue weighted by atomic mass is 79.9. The Morgan fingerprint density at radius 2 is 1.50 bits per heavy atom. The molecule has 5 heteroatoms. The topological polar surface area (TPSA) is 35.5 Å². The second-order valence-corrected chi connectivity index (χ2v) is 2.07. The second-order valence-electron chi connectivity index (χ2n) is 1.01. The lowest BCUT2D eigenvalue weighted by Gasteiger charge is -1.93. The van der Waals surface area contributed by atoms with Gasteiger partial charge in [0.25, 0.3) is 0 Å². The Bertz CT molecular complexity index is 137. The second kappa shape index (κ2) is 6.82. The zero-order valence-electron chi connectivity index (χ0n) is 4.79. The van der Waals surface area contributed by atoms with Crippen molar-refractivity contribution in [1.82, 2.24) is 0 Å². The largest absolute Gasteiger partial charge is 0.518 e. The van der Waals surface area contributed by atoms with E-state index in [0.29, 0.717) is 0 Å². The summed E-state index contributed by atoms with van der Waals surface area (Å²) in [5.41, 5.74) is 0. The van der Waals surface area contributed by atoms with Crippen molar-refractivity contribution in [2.24, 2.45) is 0 Å². The molecule has 0 aliphatic heterocycles. The molecule has 3 nitrogen and oxygen atoms in total. The highest BCUT2D eigenvalue weighted by Crippen LogP contribution is 1.91. The third-order valence-corrected chi connectivity index (χ3v) is 0.863. The van der Waals surface area contributed by atoms with Crippen molar-refractivity contribution in [1.29, 1.82) is 0 Å². The summed E-state index contributed by atoms with van der Waals surface area (Å²) in [6.45, 7) is 0. The van der Waals surface area contributed by atoms with Crippen LogP contribution in [0.15, 0.2) is 22.5 Å². The van der Waals surface area contributed by atoms with Crippen LogP contribution in [0.4, 0.5) is 4.79 Å². The van der Waals surface area contributed by atoms with Gasteiger partial charge in [0.15, 0.2) is 0 Å². The number of hydrogen-bond donors (Lipinski definition) is 0. The molecule has 0 aromatic carbocycles. The van der Waals surface area contributed by atoms with Crippen LogP contribution >= 0.6 is 31.9 Å². The molecule has 0 fully saturated rings. The summed E-state index contributed by atoms with van der Waals surface area (Å²) in [6.07, 6.45) is 1.53. The molecule has 0 saturated heterocycles. The summed E-state index contributed by atoms with van der Waals surface area (Å²) < 4.78 is 8.67. The Labute approximate surface area is 74.9 Å². The lowest BCUT2D eigenvalue weighted by Crippen LogP contribution is -1.96. The number of rotatable bonds is 2. The van der Waals surface area contributed by atoms with Crippen molar-refractivity contribution in [2.45, 2.75) is 0 Å². The van der Waals surface area contributed by atoms with Crippen LogP contribution in [-0.2, 0) is 9.47 Å². The molecule has 0 aromatic heterocycles. The van der Waals surface area contributed by atoms with Crippen LogP contribution < -0.4 is 0 Å². The zero-order valence-corrected chi connectivity index (χ0v) is 7.96. The molecule has 0 rings (SSSR count). The molecule has 0 N–H and O–H groups in total. The fourth-order valence-corrected chi connectivity index (χ4v) is 0.406. The van der Waals surface area contributed by atoms with Gasteiger partial charge in [-0.2, -0.15) is 0 Å². The Morgan fingerprint density at radius 3 is 1.80 bits per heavy atom. The number of carbonyl (C=O) groups is 1. The summed E-state index contributed by atoms with van der Waals surface area (Å²) in [7, 11) is 0. The predicted molar refractivity (Wildman–Crippen MR) is 43.7 cm³/mol. The fraction of sp³-hybridized carbons (Fsp3) is 0. The van der Waals surface area contributed by atoms with Gasteiger partial charge >= 0.3 is 6.16 Å². The van der Waals surface area contributed by atoms with E-state index >= 15 is 0 Å². The van der Waals surface area contributed by atoms with E-state index in [1.165, 1.54) is 9.97 Å². The van der Waals surface area contributed by atoms with Gasteiger partial charge in [-0.3, -0.25) is 0 Å². The minimum absolute atomic E-state index is 0.786. The van der Waals surface area contributed by atoms with Gasteiger partial charge in [-0.25, -0.2) is 4.79 Å². The molecule has 10 heavy (non-hydrogen) atoms. The van der Waals surface area contributed by atoms with Crippen LogP contribution in [0.3, 0.4) is 0 Å². The molecule has 0 aliphatic carbocycles. The Kier molecular flexibility index (Phi) is 6.63. The molecule has 0 bridgehead atoms. The summed E-state index contributed by atoms with van der Waals surface area (Å²) in [6, 6.07) is 0. The van der Waals surface area contributed by atoms with Crippen molar-refractivity contribution in [2.75, 3.05) is 0 Å². The first kappa shape index (κ1) is 9.71. The maximum Gasteiger partial charge on any atom is 0.518 e. The first-order valence-corrected chi connectivity index (χ1v) is 4.02. The molecule has 0 amide bonds. The van der Waals surface area contributed by atoms with Crippen LogP contribution in [0, 0.1) is 0 Å². The quantitative estimate of drug-likeness (QED) is 0.572.